The zero-order chi connectivity index (χ0) is 6.69. The van der Waals surface area contributed by atoms with Gasteiger partial charge in [-0.25, -0.2) is 0 Å². The largest absolute Gasteiger partial charge is 0.277 e. The maximum absolute atomic E-state index is 10.1. The highest BCUT2D eigenvalue weighted by atomic mass is 32.1. The molecule has 1 aromatic heterocycles. The molecule has 0 aromatic carbocycles. The number of anilines is 1. The van der Waals surface area contributed by atoms with Crippen molar-refractivity contribution >= 4 is 36.2 Å². The normalized spacial score (nSPS) is 9.00. The lowest BCUT2D eigenvalue weighted by atomic mass is 10.5. The van der Waals surface area contributed by atoms with Gasteiger partial charge < -0.3 is 0 Å². The first-order valence-corrected chi connectivity index (χ1v) is 3.64. The maximum Gasteiger partial charge on any atom is 0.224 e. The number of thiophene rings is 1. The molecule has 0 N–H and O–H groups in total. The van der Waals surface area contributed by atoms with Crippen LogP contribution in [0.15, 0.2) is 16.8 Å². The van der Waals surface area contributed by atoms with Crippen LogP contribution in [0.2, 0.25) is 0 Å². The molecule has 0 atom stereocenters. The molecule has 0 saturated heterocycles. The molecular weight excluding hydrogens is 154 g/mol. The zero-order valence-corrected chi connectivity index (χ0v) is 6.23. The van der Waals surface area contributed by atoms with E-state index in [1.807, 2.05) is 16.8 Å². The molecule has 1 rings (SSSR count). The van der Waals surface area contributed by atoms with Crippen LogP contribution < -0.4 is 4.31 Å². The van der Waals surface area contributed by atoms with Gasteiger partial charge in [0.25, 0.3) is 0 Å². The highest BCUT2D eigenvalue weighted by Crippen LogP contribution is 2.17. The molecule has 0 spiro atoms. The van der Waals surface area contributed by atoms with Gasteiger partial charge in [-0.2, -0.15) is 11.3 Å². The predicted octanol–water partition coefficient (Wildman–Crippen LogP) is 1.56. The van der Waals surface area contributed by atoms with E-state index in [1.165, 1.54) is 15.6 Å². The van der Waals surface area contributed by atoms with Crippen molar-refractivity contribution in [3.8, 4) is 0 Å². The minimum absolute atomic E-state index is 0.658. The van der Waals surface area contributed by atoms with Crippen LogP contribution in [0.1, 0.15) is 0 Å². The fraction of sp³-hybridized carbons (Fsp3) is 0. The van der Waals surface area contributed by atoms with Gasteiger partial charge in [0.15, 0.2) is 0 Å². The van der Waals surface area contributed by atoms with Crippen LogP contribution in [0.5, 0.6) is 0 Å². The van der Waals surface area contributed by atoms with E-state index in [0.717, 1.165) is 5.69 Å². The minimum atomic E-state index is 0.658. The van der Waals surface area contributed by atoms with Gasteiger partial charge in [-0.05, 0) is 11.4 Å². The highest BCUT2D eigenvalue weighted by Gasteiger charge is 1.96. The number of amides is 1. The molecular formula is C5H5NOS2. The van der Waals surface area contributed by atoms with E-state index in [9.17, 15) is 4.79 Å². The fourth-order valence-corrected chi connectivity index (χ4v) is 1.28. The Labute approximate surface area is 62.6 Å². The van der Waals surface area contributed by atoms with E-state index in [4.69, 9.17) is 0 Å². The number of hydrogen-bond acceptors (Lipinski definition) is 3. The Kier molecular flexibility index (Phi) is 2.13. The third-order valence-corrected chi connectivity index (χ3v) is 1.87. The van der Waals surface area contributed by atoms with Crippen molar-refractivity contribution < 1.29 is 4.79 Å². The minimum Gasteiger partial charge on any atom is -0.277 e. The SMILES string of the molecule is O=CN(S)c1ccsc1. The summed E-state index contributed by atoms with van der Waals surface area (Å²) in [6.45, 7) is 0. The van der Waals surface area contributed by atoms with Crippen LogP contribution in [0.25, 0.3) is 0 Å². The van der Waals surface area contributed by atoms with Crippen molar-refractivity contribution in [2.45, 2.75) is 0 Å². The molecule has 0 bridgehead atoms. The number of rotatable bonds is 2. The molecule has 2 nitrogen and oxygen atoms in total. The summed E-state index contributed by atoms with van der Waals surface area (Å²) in [6, 6.07) is 1.83. The molecule has 0 aliphatic rings. The molecule has 0 fully saturated rings. The molecule has 0 saturated carbocycles. The Morgan fingerprint density at radius 2 is 2.56 bits per heavy atom. The molecule has 0 aliphatic carbocycles. The van der Waals surface area contributed by atoms with Crippen molar-refractivity contribution in [1.29, 1.82) is 0 Å². The zero-order valence-electron chi connectivity index (χ0n) is 4.52. The first kappa shape index (κ1) is 6.64. The van der Waals surface area contributed by atoms with Crippen molar-refractivity contribution in [3.63, 3.8) is 0 Å². The van der Waals surface area contributed by atoms with Gasteiger partial charge in [0.05, 0.1) is 5.69 Å². The molecule has 0 unspecified atom stereocenters. The molecule has 48 valence electrons. The molecule has 1 amide bonds. The summed E-state index contributed by atoms with van der Waals surface area (Å²) < 4.78 is 1.23. The molecule has 0 aliphatic heterocycles. The third kappa shape index (κ3) is 1.46. The van der Waals surface area contributed by atoms with Crippen LogP contribution in [-0.4, -0.2) is 6.41 Å². The second-order valence-corrected chi connectivity index (χ2v) is 2.64. The second-order valence-electron chi connectivity index (χ2n) is 1.43. The molecule has 1 aromatic rings. The molecule has 1 heterocycles. The standard InChI is InChI=1S/C5H5NOS2/c7-4-6(8)5-1-2-9-3-5/h1-4,8H. The van der Waals surface area contributed by atoms with Crippen molar-refractivity contribution in [3.05, 3.63) is 16.8 Å². The lowest BCUT2D eigenvalue weighted by Crippen LogP contribution is -2.04. The highest BCUT2D eigenvalue weighted by molar-refractivity contribution is 7.82. The summed E-state index contributed by atoms with van der Waals surface area (Å²) in [5, 5.41) is 3.74. The van der Waals surface area contributed by atoms with Crippen LogP contribution >= 0.6 is 24.2 Å². The van der Waals surface area contributed by atoms with E-state index in [0.29, 0.717) is 6.41 Å². The molecule has 0 radical (unpaired) electrons. The van der Waals surface area contributed by atoms with Crippen LogP contribution in [0.4, 0.5) is 5.69 Å². The average molecular weight is 159 g/mol. The van der Waals surface area contributed by atoms with Crippen LogP contribution in [0.3, 0.4) is 0 Å². The summed E-state index contributed by atoms with van der Waals surface area (Å²) >= 11 is 5.39. The predicted molar refractivity (Wildman–Crippen MR) is 41.8 cm³/mol. The van der Waals surface area contributed by atoms with Crippen LogP contribution in [0, 0.1) is 0 Å². The summed E-state index contributed by atoms with van der Waals surface area (Å²) in [5.74, 6) is 0. The van der Waals surface area contributed by atoms with Crippen molar-refractivity contribution in [1.82, 2.24) is 0 Å². The second kappa shape index (κ2) is 2.89. The maximum atomic E-state index is 10.1. The quantitative estimate of drug-likeness (QED) is 0.513. The van der Waals surface area contributed by atoms with E-state index in [2.05, 4.69) is 12.8 Å². The van der Waals surface area contributed by atoms with Gasteiger partial charge in [-0.3, -0.25) is 9.10 Å². The van der Waals surface area contributed by atoms with Gasteiger partial charge in [0.2, 0.25) is 6.41 Å². The Hall–Kier alpha value is -0.480. The summed E-state index contributed by atoms with van der Waals surface area (Å²) in [4.78, 5) is 10.1. The van der Waals surface area contributed by atoms with Crippen molar-refractivity contribution in [2.75, 3.05) is 4.31 Å². The average Bonchev–Trinajstić information content (AvgIpc) is 2.37. The fourth-order valence-electron chi connectivity index (χ4n) is 0.449. The summed E-state index contributed by atoms with van der Waals surface area (Å²) in [5.41, 5.74) is 0.818. The van der Waals surface area contributed by atoms with Crippen LogP contribution in [-0.2, 0) is 4.79 Å². The Morgan fingerprint density at radius 3 is 3.00 bits per heavy atom. The Balaban J connectivity index is 2.76. The number of thiol groups is 1. The third-order valence-electron chi connectivity index (χ3n) is 0.871. The summed E-state index contributed by atoms with van der Waals surface area (Å²) in [6.07, 6.45) is 0.658. The summed E-state index contributed by atoms with van der Waals surface area (Å²) in [7, 11) is 0. The molecule has 4 heteroatoms. The lowest BCUT2D eigenvalue weighted by Gasteiger charge is -2.02. The van der Waals surface area contributed by atoms with Gasteiger partial charge >= 0.3 is 0 Å². The smallest absolute Gasteiger partial charge is 0.224 e. The number of hydrogen-bond donors (Lipinski definition) is 1. The van der Waals surface area contributed by atoms with Crippen molar-refractivity contribution in [2.24, 2.45) is 0 Å². The number of nitrogens with zero attached hydrogens (tertiary/aromatic N) is 1. The monoisotopic (exact) mass is 159 g/mol. The van der Waals surface area contributed by atoms with E-state index in [1.54, 1.807) is 0 Å². The van der Waals surface area contributed by atoms with E-state index < -0.39 is 0 Å². The Morgan fingerprint density at radius 1 is 1.78 bits per heavy atom. The number of carbonyl (C=O) groups excluding carboxylic acids is 1. The first-order valence-electron chi connectivity index (χ1n) is 2.30. The topological polar surface area (TPSA) is 20.3 Å². The van der Waals surface area contributed by atoms with Gasteiger partial charge in [0.1, 0.15) is 0 Å². The molecule has 9 heavy (non-hydrogen) atoms. The number of carbonyl (C=O) groups is 1. The van der Waals surface area contributed by atoms with E-state index in [-0.39, 0.29) is 0 Å². The first-order chi connectivity index (χ1) is 4.34. The van der Waals surface area contributed by atoms with E-state index >= 15 is 0 Å². The van der Waals surface area contributed by atoms with Gasteiger partial charge in [-0.1, -0.05) is 12.8 Å². The van der Waals surface area contributed by atoms with Gasteiger partial charge in [0, 0.05) is 5.38 Å². The van der Waals surface area contributed by atoms with Gasteiger partial charge in [-0.15, -0.1) is 0 Å². The Bertz CT molecular complexity index is 185. The lowest BCUT2D eigenvalue weighted by molar-refractivity contribution is -0.106.